The molecule has 0 unspecified atom stereocenters. The summed E-state index contributed by atoms with van der Waals surface area (Å²) in [6.45, 7) is 11.2. The van der Waals surface area contributed by atoms with Crippen molar-refractivity contribution in [1.82, 2.24) is 14.1 Å². The third-order valence-electron chi connectivity index (χ3n) is 9.47. The Bertz CT molecular complexity index is 1220. The Hall–Kier alpha value is -2.22. The molecule has 2 aromatic carbocycles. The normalized spacial score (nSPS) is 21.5. The standard InChI is InChI=1S/C33H47N3O3S/c1-33(2,3)29-9-11-31(12-10-29)40(38,39)36-23-17-30(18-24-36)34-21-15-28(16-22-34)32(37)35-19-13-27(14-20-35)25-26-7-5-4-6-8-26/h4-12,27-28,30H,13-25H2,1-3H3. The van der Waals surface area contributed by atoms with Crippen LogP contribution in [0.15, 0.2) is 59.5 Å². The zero-order valence-electron chi connectivity index (χ0n) is 24.6. The molecule has 40 heavy (non-hydrogen) atoms. The number of carbonyl (C=O) groups excluding carboxylic acids is 1. The Morgan fingerprint density at radius 3 is 1.95 bits per heavy atom. The molecule has 0 N–H and O–H groups in total. The Labute approximate surface area is 241 Å². The highest BCUT2D eigenvalue weighted by Crippen LogP contribution is 2.30. The number of piperidine rings is 3. The van der Waals surface area contributed by atoms with E-state index < -0.39 is 10.0 Å². The minimum absolute atomic E-state index is 0.00192. The van der Waals surface area contributed by atoms with Gasteiger partial charge in [0.05, 0.1) is 4.90 Å². The second-order valence-electron chi connectivity index (χ2n) is 13.2. The van der Waals surface area contributed by atoms with Gasteiger partial charge in [0, 0.05) is 38.1 Å². The molecular formula is C33H47N3O3S. The molecule has 3 fully saturated rings. The van der Waals surface area contributed by atoms with Crippen molar-refractivity contribution < 1.29 is 13.2 Å². The molecule has 0 bridgehead atoms. The molecule has 3 saturated heterocycles. The summed E-state index contributed by atoms with van der Waals surface area (Å²) in [5.74, 6) is 1.17. The molecule has 3 aliphatic rings. The second-order valence-corrected chi connectivity index (χ2v) is 15.1. The van der Waals surface area contributed by atoms with Gasteiger partial charge >= 0.3 is 0 Å². The van der Waals surface area contributed by atoms with E-state index in [4.69, 9.17) is 0 Å². The maximum atomic E-state index is 13.3. The lowest BCUT2D eigenvalue weighted by molar-refractivity contribution is -0.138. The number of benzene rings is 2. The quantitative estimate of drug-likeness (QED) is 0.475. The first-order valence-electron chi connectivity index (χ1n) is 15.3. The molecule has 0 aliphatic carbocycles. The average molecular weight is 566 g/mol. The van der Waals surface area contributed by atoms with Gasteiger partial charge in [0.15, 0.2) is 0 Å². The molecule has 0 radical (unpaired) electrons. The van der Waals surface area contributed by atoms with E-state index in [2.05, 4.69) is 60.9 Å². The minimum atomic E-state index is -3.47. The highest BCUT2D eigenvalue weighted by Gasteiger charge is 2.36. The van der Waals surface area contributed by atoms with Crippen LogP contribution in [0.5, 0.6) is 0 Å². The zero-order chi connectivity index (χ0) is 28.3. The number of hydrogen-bond donors (Lipinski definition) is 0. The van der Waals surface area contributed by atoms with Gasteiger partial charge < -0.3 is 9.80 Å². The van der Waals surface area contributed by atoms with Crippen LogP contribution in [0, 0.1) is 11.8 Å². The Morgan fingerprint density at radius 2 is 1.38 bits per heavy atom. The van der Waals surface area contributed by atoms with E-state index >= 15 is 0 Å². The first kappa shape index (κ1) is 29.3. The SMILES string of the molecule is CC(C)(C)c1ccc(S(=O)(=O)N2CCC(N3CCC(C(=O)N4CCC(Cc5ccccc5)CC4)CC3)CC2)cc1. The highest BCUT2D eigenvalue weighted by molar-refractivity contribution is 7.89. The van der Waals surface area contributed by atoms with Gasteiger partial charge in [-0.05, 0) is 92.6 Å². The summed E-state index contributed by atoms with van der Waals surface area (Å²) >= 11 is 0. The van der Waals surface area contributed by atoms with Crippen molar-refractivity contribution >= 4 is 15.9 Å². The maximum Gasteiger partial charge on any atom is 0.243 e. The molecule has 3 aliphatic heterocycles. The van der Waals surface area contributed by atoms with Crippen LogP contribution in [0.2, 0.25) is 0 Å². The van der Waals surface area contributed by atoms with Crippen LogP contribution in [-0.2, 0) is 26.7 Å². The Morgan fingerprint density at radius 1 is 0.775 bits per heavy atom. The van der Waals surface area contributed by atoms with Crippen LogP contribution in [-0.4, -0.2) is 73.7 Å². The molecule has 7 heteroatoms. The molecule has 0 saturated carbocycles. The van der Waals surface area contributed by atoms with Crippen molar-refractivity contribution in [3.63, 3.8) is 0 Å². The summed E-state index contributed by atoms with van der Waals surface area (Å²) in [5.41, 5.74) is 2.54. The summed E-state index contributed by atoms with van der Waals surface area (Å²) in [4.78, 5) is 18.3. The van der Waals surface area contributed by atoms with Gasteiger partial charge in [0.1, 0.15) is 0 Å². The first-order chi connectivity index (χ1) is 19.1. The van der Waals surface area contributed by atoms with Crippen molar-refractivity contribution in [3.8, 4) is 0 Å². The summed E-state index contributed by atoms with van der Waals surface area (Å²) in [6.07, 6.45) is 6.86. The lowest BCUT2D eigenvalue weighted by atomic mass is 9.87. The molecule has 0 atom stereocenters. The zero-order valence-corrected chi connectivity index (χ0v) is 25.4. The molecule has 0 aromatic heterocycles. The third kappa shape index (κ3) is 6.80. The highest BCUT2D eigenvalue weighted by atomic mass is 32.2. The van der Waals surface area contributed by atoms with E-state index in [1.165, 1.54) is 5.56 Å². The monoisotopic (exact) mass is 565 g/mol. The van der Waals surface area contributed by atoms with Crippen LogP contribution >= 0.6 is 0 Å². The van der Waals surface area contributed by atoms with E-state index in [0.717, 1.165) is 76.7 Å². The maximum absolute atomic E-state index is 13.3. The van der Waals surface area contributed by atoms with Crippen molar-refractivity contribution in [3.05, 3.63) is 65.7 Å². The summed E-state index contributed by atoms with van der Waals surface area (Å²) in [7, 11) is -3.47. The lowest BCUT2D eigenvalue weighted by Crippen LogP contribution is -2.51. The first-order valence-corrected chi connectivity index (χ1v) is 16.7. The van der Waals surface area contributed by atoms with E-state index in [1.54, 1.807) is 16.4 Å². The van der Waals surface area contributed by atoms with Crippen molar-refractivity contribution in [1.29, 1.82) is 0 Å². The molecule has 0 spiro atoms. The van der Waals surface area contributed by atoms with Crippen LogP contribution < -0.4 is 0 Å². The summed E-state index contributed by atoms with van der Waals surface area (Å²) in [5, 5.41) is 0. The molecule has 2 aromatic rings. The summed E-state index contributed by atoms with van der Waals surface area (Å²) in [6, 6.07) is 18.5. The number of nitrogens with zero attached hydrogens (tertiary/aromatic N) is 3. The topological polar surface area (TPSA) is 60.9 Å². The average Bonchev–Trinajstić information content (AvgIpc) is 2.97. The largest absolute Gasteiger partial charge is 0.342 e. The Kier molecular flexibility index (Phi) is 9.03. The lowest BCUT2D eigenvalue weighted by Gasteiger charge is -2.42. The predicted octanol–water partition coefficient (Wildman–Crippen LogP) is 5.33. The van der Waals surface area contributed by atoms with Crippen LogP contribution in [0.3, 0.4) is 0 Å². The van der Waals surface area contributed by atoms with Crippen molar-refractivity contribution in [2.24, 2.45) is 11.8 Å². The van der Waals surface area contributed by atoms with Crippen LogP contribution in [0.1, 0.15) is 70.4 Å². The fourth-order valence-electron chi connectivity index (χ4n) is 6.80. The van der Waals surface area contributed by atoms with Gasteiger partial charge in [-0.2, -0.15) is 4.31 Å². The van der Waals surface area contributed by atoms with Crippen LogP contribution in [0.25, 0.3) is 0 Å². The summed E-state index contributed by atoms with van der Waals surface area (Å²) < 4.78 is 28.2. The predicted molar refractivity (Wildman–Crippen MR) is 161 cm³/mol. The van der Waals surface area contributed by atoms with Crippen molar-refractivity contribution in [2.75, 3.05) is 39.3 Å². The molecule has 3 heterocycles. The fourth-order valence-corrected chi connectivity index (χ4v) is 8.27. The van der Waals surface area contributed by atoms with Crippen molar-refractivity contribution in [2.45, 2.75) is 82.1 Å². The number of rotatable bonds is 6. The van der Waals surface area contributed by atoms with Gasteiger partial charge in [0.25, 0.3) is 0 Å². The number of hydrogen-bond acceptors (Lipinski definition) is 4. The number of sulfonamides is 1. The fraction of sp³-hybridized carbons (Fsp3) is 0.606. The smallest absolute Gasteiger partial charge is 0.243 e. The van der Waals surface area contributed by atoms with E-state index in [0.29, 0.717) is 35.9 Å². The second kappa shape index (κ2) is 12.3. The van der Waals surface area contributed by atoms with Gasteiger partial charge in [0.2, 0.25) is 15.9 Å². The molecule has 5 rings (SSSR count). The third-order valence-corrected chi connectivity index (χ3v) is 11.4. The van der Waals surface area contributed by atoms with E-state index in [1.807, 2.05) is 12.1 Å². The van der Waals surface area contributed by atoms with E-state index in [9.17, 15) is 13.2 Å². The van der Waals surface area contributed by atoms with Crippen LogP contribution in [0.4, 0.5) is 0 Å². The molecular weight excluding hydrogens is 518 g/mol. The molecule has 6 nitrogen and oxygen atoms in total. The van der Waals surface area contributed by atoms with Gasteiger partial charge in [-0.25, -0.2) is 8.42 Å². The number of carbonyl (C=O) groups is 1. The Balaban J connectivity index is 1.05. The molecule has 1 amide bonds. The minimum Gasteiger partial charge on any atom is -0.342 e. The van der Waals surface area contributed by atoms with Gasteiger partial charge in [-0.15, -0.1) is 0 Å². The molecule has 218 valence electrons. The number of likely N-dealkylation sites (tertiary alicyclic amines) is 2. The van der Waals surface area contributed by atoms with E-state index in [-0.39, 0.29) is 11.3 Å². The van der Waals surface area contributed by atoms with Gasteiger partial charge in [-0.3, -0.25) is 4.79 Å². The number of amides is 1. The van der Waals surface area contributed by atoms with Gasteiger partial charge in [-0.1, -0.05) is 63.2 Å².